The zero-order valence-corrected chi connectivity index (χ0v) is 17.7. The number of rotatable bonds is 2. The molecule has 0 fully saturated rings. The van der Waals surface area contributed by atoms with E-state index in [-0.39, 0.29) is 0 Å². The van der Waals surface area contributed by atoms with Crippen LogP contribution in [0.2, 0.25) is 5.02 Å². The summed E-state index contributed by atoms with van der Waals surface area (Å²) in [6.45, 7) is 2.09. The van der Waals surface area contributed by atoms with Gasteiger partial charge in [-0.15, -0.1) is 11.3 Å². The summed E-state index contributed by atoms with van der Waals surface area (Å²) < 4.78 is 0. The molecule has 0 amide bonds. The molecular weight excluding hydrogens is 396 g/mol. The fraction of sp³-hybridized carbons (Fsp3) is 0.200. The van der Waals surface area contributed by atoms with E-state index < -0.39 is 0 Å². The molecule has 0 bridgehead atoms. The van der Waals surface area contributed by atoms with Gasteiger partial charge in [-0.05, 0) is 55.9 Å². The van der Waals surface area contributed by atoms with Crippen molar-refractivity contribution in [3.63, 3.8) is 0 Å². The van der Waals surface area contributed by atoms with Crippen molar-refractivity contribution >= 4 is 33.2 Å². The molecule has 1 aliphatic rings. The van der Waals surface area contributed by atoms with Gasteiger partial charge in [0.05, 0.1) is 11.3 Å². The lowest BCUT2D eigenvalue weighted by atomic mass is 9.89. The lowest BCUT2D eigenvalue weighted by Gasteiger charge is -2.15. The number of fused-ring (bicyclic) bond motifs is 3. The average molecular weight is 415 g/mol. The smallest absolute Gasteiger partial charge is 0.125 e. The van der Waals surface area contributed by atoms with Crippen LogP contribution in [0.4, 0.5) is 0 Å². The van der Waals surface area contributed by atoms with Gasteiger partial charge < -0.3 is 0 Å². The molecular formula is C25H19ClN2S. The van der Waals surface area contributed by atoms with Gasteiger partial charge in [-0.2, -0.15) is 5.26 Å². The molecule has 2 aromatic heterocycles. The molecule has 0 atom stereocenters. The fourth-order valence-corrected chi connectivity index (χ4v) is 5.62. The Kier molecular flexibility index (Phi) is 4.62. The number of halogens is 1. The molecule has 4 heteroatoms. The zero-order chi connectivity index (χ0) is 20.0. The first-order chi connectivity index (χ1) is 14.2. The van der Waals surface area contributed by atoms with Crippen LogP contribution in [0, 0.1) is 18.3 Å². The van der Waals surface area contributed by atoms with Crippen LogP contribution >= 0.6 is 22.9 Å². The summed E-state index contributed by atoms with van der Waals surface area (Å²) in [4.78, 5) is 7.48. The molecule has 2 nitrogen and oxygen atoms in total. The molecule has 4 aromatic rings. The minimum atomic E-state index is 0.648. The van der Waals surface area contributed by atoms with Crippen LogP contribution < -0.4 is 0 Å². The van der Waals surface area contributed by atoms with E-state index in [1.165, 1.54) is 34.2 Å². The summed E-state index contributed by atoms with van der Waals surface area (Å²) in [5.41, 5.74) is 7.04. The van der Waals surface area contributed by atoms with Crippen LogP contribution in [0.25, 0.3) is 32.6 Å². The van der Waals surface area contributed by atoms with Crippen LogP contribution in [0.5, 0.6) is 0 Å². The molecule has 5 rings (SSSR count). The third kappa shape index (κ3) is 3.13. The number of aromatic nitrogens is 1. The summed E-state index contributed by atoms with van der Waals surface area (Å²) in [7, 11) is 0. The summed E-state index contributed by atoms with van der Waals surface area (Å²) >= 11 is 7.89. The summed E-state index contributed by atoms with van der Waals surface area (Å²) in [6.07, 6.45) is 4.62. The molecule has 142 valence electrons. The highest BCUT2D eigenvalue weighted by Gasteiger charge is 2.25. The summed E-state index contributed by atoms with van der Waals surface area (Å²) in [5, 5.41) is 12.1. The minimum Gasteiger partial charge on any atom is -0.235 e. The monoisotopic (exact) mass is 414 g/mol. The molecule has 29 heavy (non-hydrogen) atoms. The van der Waals surface area contributed by atoms with E-state index in [4.69, 9.17) is 16.6 Å². The molecule has 0 aliphatic heterocycles. The van der Waals surface area contributed by atoms with E-state index >= 15 is 0 Å². The molecule has 0 saturated heterocycles. The second kappa shape index (κ2) is 7.30. The van der Waals surface area contributed by atoms with E-state index in [9.17, 15) is 5.26 Å². The quantitative estimate of drug-likeness (QED) is 0.344. The standard InChI is InChI=1S/C25H19ClN2S/c1-15-6-8-16(9-7-15)22-20(14-27)24(17-10-12-18(26)13-11-17)28-25-23(22)19-4-2-3-5-21(19)29-25/h6-13H,2-5H2,1H3. The largest absolute Gasteiger partial charge is 0.235 e. The molecule has 1 aliphatic carbocycles. The molecule has 0 saturated carbocycles. The Morgan fingerprint density at radius 3 is 2.38 bits per heavy atom. The number of hydrogen-bond acceptors (Lipinski definition) is 3. The minimum absolute atomic E-state index is 0.648. The lowest BCUT2D eigenvalue weighted by molar-refractivity contribution is 0.700. The molecule has 2 aromatic carbocycles. The zero-order valence-electron chi connectivity index (χ0n) is 16.1. The van der Waals surface area contributed by atoms with Gasteiger partial charge in [0.2, 0.25) is 0 Å². The van der Waals surface area contributed by atoms with Crippen molar-refractivity contribution in [1.29, 1.82) is 5.26 Å². The van der Waals surface area contributed by atoms with Crippen LogP contribution in [0.1, 0.15) is 34.4 Å². The van der Waals surface area contributed by atoms with Crippen molar-refractivity contribution in [3.8, 4) is 28.5 Å². The Morgan fingerprint density at radius 1 is 0.966 bits per heavy atom. The van der Waals surface area contributed by atoms with Gasteiger partial charge in [0.1, 0.15) is 10.9 Å². The van der Waals surface area contributed by atoms with E-state index in [1.54, 1.807) is 11.3 Å². The number of hydrogen-bond donors (Lipinski definition) is 0. The van der Waals surface area contributed by atoms with Crippen LogP contribution in [0.3, 0.4) is 0 Å². The predicted molar refractivity (Wildman–Crippen MR) is 122 cm³/mol. The van der Waals surface area contributed by atoms with Crippen molar-refractivity contribution in [2.75, 3.05) is 0 Å². The van der Waals surface area contributed by atoms with Gasteiger partial charge in [-0.25, -0.2) is 4.98 Å². The van der Waals surface area contributed by atoms with Crippen molar-refractivity contribution in [2.45, 2.75) is 32.6 Å². The molecule has 2 heterocycles. The van der Waals surface area contributed by atoms with Gasteiger partial charge in [-0.3, -0.25) is 0 Å². The Bertz CT molecular complexity index is 1260. The molecule has 0 radical (unpaired) electrons. The normalized spacial score (nSPS) is 13.3. The van der Waals surface area contributed by atoms with Crippen molar-refractivity contribution < 1.29 is 0 Å². The van der Waals surface area contributed by atoms with Crippen LogP contribution in [0.15, 0.2) is 48.5 Å². The molecule has 0 N–H and O–H groups in total. The number of nitriles is 1. The Hall–Kier alpha value is -2.67. The van der Waals surface area contributed by atoms with E-state index in [0.29, 0.717) is 10.6 Å². The predicted octanol–water partition coefficient (Wildman–Crippen LogP) is 7.34. The van der Waals surface area contributed by atoms with E-state index in [2.05, 4.69) is 37.3 Å². The van der Waals surface area contributed by atoms with Gasteiger partial charge in [-0.1, -0.05) is 53.6 Å². The first kappa shape index (κ1) is 18.4. The van der Waals surface area contributed by atoms with Crippen LogP contribution in [-0.4, -0.2) is 4.98 Å². The molecule has 0 unspecified atom stereocenters. The van der Waals surface area contributed by atoms with Crippen molar-refractivity contribution in [1.82, 2.24) is 4.98 Å². The van der Waals surface area contributed by atoms with Crippen molar-refractivity contribution in [3.05, 3.63) is 75.1 Å². The first-order valence-corrected chi connectivity index (χ1v) is 11.1. The third-order valence-corrected chi connectivity index (χ3v) is 7.11. The second-order valence-corrected chi connectivity index (χ2v) is 9.11. The van der Waals surface area contributed by atoms with E-state index in [0.717, 1.165) is 40.1 Å². The van der Waals surface area contributed by atoms with Gasteiger partial charge in [0.25, 0.3) is 0 Å². The topological polar surface area (TPSA) is 36.7 Å². The van der Waals surface area contributed by atoms with Crippen molar-refractivity contribution in [2.24, 2.45) is 0 Å². The van der Waals surface area contributed by atoms with Gasteiger partial charge >= 0.3 is 0 Å². The average Bonchev–Trinajstić information content (AvgIpc) is 3.12. The van der Waals surface area contributed by atoms with Gasteiger partial charge in [0.15, 0.2) is 0 Å². The summed E-state index contributed by atoms with van der Waals surface area (Å²) in [5.74, 6) is 0. The number of pyridine rings is 1. The maximum Gasteiger partial charge on any atom is 0.125 e. The summed E-state index contributed by atoms with van der Waals surface area (Å²) in [6, 6.07) is 18.6. The maximum absolute atomic E-state index is 10.2. The molecule has 0 spiro atoms. The highest BCUT2D eigenvalue weighted by atomic mass is 35.5. The number of thiophene rings is 1. The Labute approximate surface area is 179 Å². The SMILES string of the molecule is Cc1ccc(-c2c(C#N)c(-c3ccc(Cl)cc3)nc3sc4c(c23)CCCC4)cc1. The number of nitrogens with zero attached hydrogens (tertiary/aromatic N) is 2. The Balaban J connectivity index is 1.89. The van der Waals surface area contributed by atoms with Gasteiger partial charge in [0, 0.05) is 26.4 Å². The number of aryl methyl sites for hydroxylation is 3. The lowest BCUT2D eigenvalue weighted by Crippen LogP contribution is -2.00. The highest BCUT2D eigenvalue weighted by Crippen LogP contribution is 2.44. The first-order valence-electron chi connectivity index (χ1n) is 9.87. The second-order valence-electron chi connectivity index (χ2n) is 7.59. The van der Waals surface area contributed by atoms with Crippen LogP contribution in [-0.2, 0) is 12.8 Å². The fourth-order valence-electron chi connectivity index (χ4n) is 4.22. The highest BCUT2D eigenvalue weighted by molar-refractivity contribution is 7.19. The maximum atomic E-state index is 10.2. The van der Waals surface area contributed by atoms with E-state index in [1.807, 2.05) is 24.3 Å². The third-order valence-electron chi connectivity index (χ3n) is 5.67. The Morgan fingerprint density at radius 2 is 1.66 bits per heavy atom. The number of benzene rings is 2.